The van der Waals surface area contributed by atoms with Crippen molar-refractivity contribution in [1.82, 2.24) is 4.72 Å². The third kappa shape index (κ3) is 16.0. The molecule has 2 rings (SSSR count). The molecular weight excluding hydrogens is 566 g/mol. The summed E-state index contributed by atoms with van der Waals surface area (Å²) in [6, 6.07) is 10.1. The van der Waals surface area contributed by atoms with Gasteiger partial charge in [0, 0.05) is 14.2 Å². The van der Waals surface area contributed by atoms with Gasteiger partial charge < -0.3 is 24.7 Å². The van der Waals surface area contributed by atoms with Gasteiger partial charge in [0.1, 0.15) is 11.5 Å². The quantitative estimate of drug-likeness (QED) is 0.288. The van der Waals surface area contributed by atoms with Crippen molar-refractivity contribution in [2.24, 2.45) is 5.73 Å². The van der Waals surface area contributed by atoms with Crippen molar-refractivity contribution in [3.8, 4) is 11.5 Å². The van der Waals surface area contributed by atoms with Crippen LogP contribution in [0.2, 0.25) is 0 Å². The molecular formula is C26H40F6N2O5S. The lowest BCUT2D eigenvalue weighted by Crippen LogP contribution is -2.37. The third-order valence-electron chi connectivity index (χ3n) is 4.50. The minimum atomic E-state index is -4.75. The number of methoxy groups -OCH3 is 2. The normalized spacial score (nSPS) is 13.9. The van der Waals surface area contributed by atoms with Crippen LogP contribution < -0.4 is 19.9 Å². The third-order valence-corrected chi connectivity index (χ3v) is 6.11. The first kappa shape index (κ1) is 39.8. The van der Waals surface area contributed by atoms with Gasteiger partial charge >= 0.3 is 12.7 Å². The van der Waals surface area contributed by atoms with E-state index in [1.165, 1.54) is 50.6 Å². The van der Waals surface area contributed by atoms with Gasteiger partial charge in [0.2, 0.25) is 0 Å². The molecule has 0 aromatic heterocycles. The maximum absolute atomic E-state index is 12.3. The van der Waals surface area contributed by atoms with Gasteiger partial charge in [-0.05, 0) is 56.2 Å². The minimum absolute atomic E-state index is 0. The Morgan fingerprint density at radius 1 is 0.800 bits per heavy atom. The molecule has 0 aliphatic heterocycles. The number of halogens is 6. The summed E-state index contributed by atoms with van der Waals surface area (Å²) in [7, 11) is 1.54. The summed E-state index contributed by atoms with van der Waals surface area (Å²) in [6.45, 7) is 5.78. The Labute approximate surface area is 234 Å². The fourth-order valence-electron chi connectivity index (χ4n) is 2.82. The van der Waals surface area contributed by atoms with Crippen LogP contribution in [-0.2, 0) is 20.5 Å². The number of hydrogen-bond donors (Lipinski definition) is 2. The molecule has 0 heterocycles. The topological polar surface area (TPSA) is 92.0 Å². The fraction of sp³-hybridized carbons (Fsp3) is 0.538. The Morgan fingerprint density at radius 2 is 1.23 bits per heavy atom. The predicted molar refractivity (Wildman–Crippen MR) is 144 cm³/mol. The standard InChI is InChI=1S/C14H20F3NO3S.C10H12F3NO2.2CH4/c1-13(2,3)22(19)18-12(9-20-4)10-6-5-7-11(8-10)21-14(15,16)17;1-15-6-9(14)7-3-2-4-8(5-7)16-10(11,12)13;;/h5-8,12,18H,9H2,1-4H3;2-5,9H,6,14H2,1H3;2*1H4/t12-,22+;9-;;/m00../s1. The SMILES string of the molecule is C.C.COC[C@H](N)c1cccc(OC(F)(F)F)c1.COC[C@H](N[S@](=O)C(C)(C)C)c1cccc(OC(F)(F)F)c1. The summed E-state index contributed by atoms with van der Waals surface area (Å²) < 4.78 is 105. The lowest BCUT2D eigenvalue weighted by atomic mass is 10.1. The van der Waals surface area contributed by atoms with Gasteiger partial charge in [-0.3, -0.25) is 0 Å². The van der Waals surface area contributed by atoms with E-state index in [0.29, 0.717) is 11.1 Å². The molecule has 0 amide bonds. The van der Waals surface area contributed by atoms with Crippen LogP contribution in [0.15, 0.2) is 48.5 Å². The molecule has 0 saturated carbocycles. The molecule has 0 unspecified atom stereocenters. The highest BCUT2D eigenvalue weighted by molar-refractivity contribution is 7.84. The van der Waals surface area contributed by atoms with Crippen LogP contribution in [0.4, 0.5) is 26.3 Å². The van der Waals surface area contributed by atoms with E-state index in [4.69, 9.17) is 15.2 Å². The molecule has 0 spiro atoms. The second kappa shape index (κ2) is 17.4. The summed E-state index contributed by atoms with van der Waals surface area (Å²) in [5.41, 5.74) is 6.71. The second-order valence-corrected chi connectivity index (χ2v) is 10.8. The molecule has 0 aliphatic carbocycles. The largest absolute Gasteiger partial charge is 0.573 e. The van der Waals surface area contributed by atoms with Crippen molar-refractivity contribution in [3.63, 3.8) is 0 Å². The van der Waals surface area contributed by atoms with Crippen molar-refractivity contribution in [1.29, 1.82) is 0 Å². The van der Waals surface area contributed by atoms with Gasteiger partial charge in [0.15, 0.2) is 0 Å². The van der Waals surface area contributed by atoms with E-state index in [-0.39, 0.29) is 39.6 Å². The van der Waals surface area contributed by atoms with Crippen LogP contribution in [0, 0.1) is 0 Å². The Kier molecular flexibility index (Phi) is 17.3. The molecule has 7 nitrogen and oxygen atoms in total. The molecule has 0 bridgehead atoms. The Hall–Kier alpha value is -2.39. The number of nitrogens with one attached hydrogen (secondary N) is 1. The maximum Gasteiger partial charge on any atom is 0.573 e. The maximum atomic E-state index is 12.3. The number of alkyl halides is 6. The molecule has 2 aromatic rings. The smallest absolute Gasteiger partial charge is 0.406 e. The van der Waals surface area contributed by atoms with E-state index in [9.17, 15) is 30.6 Å². The van der Waals surface area contributed by atoms with Gasteiger partial charge in [0.05, 0.1) is 41.0 Å². The van der Waals surface area contributed by atoms with Crippen molar-refractivity contribution >= 4 is 11.0 Å². The molecule has 14 heteroatoms. The predicted octanol–water partition coefficient (Wildman–Crippen LogP) is 6.83. The summed E-state index contributed by atoms with van der Waals surface area (Å²) >= 11 is 0. The Balaban J connectivity index is 0. The van der Waals surface area contributed by atoms with Crippen LogP contribution in [0.3, 0.4) is 0 Å². The van der Waals surface area contributed by atoms with Crippen LogP contribution in [0.1, 0.15) is 58.8 Å². The zero-order chi connectivity index (χ0) is 29.1. The van der Waals surface area contributed by atoms with Crippen LogP contribution in [-0.4, -0.2) is 49.1 Å². The zero-order valence-electron chi connectivity index (χ0n) is 21.5. The first-order chi connectivity index (χ1) is 17.4. The average molecular weight is 607 g/mol. The van der Waals surface area contributed by atoms with Gasteiger partial charge in [-0.2, -0.15) is 0 Å². The molecule has 3 N–H and O–H groups in total. The molecule has 0 saturated heterocycles. The molecule has 0 radical (unpaired) electrons. The molecule has 0 aliphatic rings. The molecule has 0 fully saturated rings. The molecule has 40 heavy (non-hydrogen) atoms. The van der Waals surface area contributed by atoms with Crippen LogP contribution >= 0.6 is 0 Å². The summed E-state index contributed by atoms with van der Waals surface area (Å²) in [5.74, 6) is -0.606. The fourth-order valence-corrected chi connectivity index (χ4v) is 3.63. The lowest BCUT2D eigenvalue weighted by Gasteiger charge is -2.24. The first-order valence-electron chi connectivity index (χ1n) is 11.1. The number of ether oxygens (including phenoxy) is 4. The second-order valence-electron chi connectivity index (χ2n) is 8.81. The minimum Gasteiger partial charge on any atom is -0.406 e. The summed E-state index contributed by atoms with van der Waals surface area (Å²) in [5, 5.41) is 0. The van der Waals surface area contributed by atoms with Crippen molar-refractivity contribution in [2.45, 2.75) is 65.2 Å². The van der Waals surface area contributed by atoms with Gasteiger partial charge in [0.25, 0.3) is 0 Å². The summed E-state index contributed by atoms with van der Waals surface area (Å²) in [6.07, 6.45) is -9.44. The van der Waals surface area contributed by atoms with E-state index in [0.717, 1.165) is 0 Å². The lowest BCUT2D eigenvalue weighted by molar-refractivity contribution is -0.275. The molecule has 2 aromatic carbocycles. The van der Waals surface area contributed by atoms with Gasteiger partial charge in [-0.25, -0.2) is 8.93 Å². The van der Waals surface area contributed by atoms with E-state index >= 15 is 0 Å². The van der Waals surface area contributed by atoms with Crippen LogP contribution in [0.25, 0.3) is 0 Å². The highest BCUT2D eigenvalue weighted by atomic mass is 32.2. The van der Waals surface area contributed by atoms with Crippen molar-refractivity contribution in [2.75, 3.05) is 27.4 Å². The first-order valence-corrected chi connectivity index (χ1v) is 12.2. The highest BCUT2D eigenvalue weighted by Gasteiger charge is 2.32. The van der Waals surface area contributed by atoms with E-state index in [1.807, 2.05) is 0 Å². The number of nitrogens with two attached hydrogens (primary N) is 1. The van der Waals surface area contributed by atoms with E-state index < -0.39 is 40.5 Å². The number of rotatable bonds is 10. The molecule has 232 valence electrons. The van der Waals surface area contributed by atoms with E-state index in [1.54, 1.807) is 32.9 Å². The highest BCUT2D eigenvalue weighted by Crippen LogP contribution is 2.27. The molecule has 3 atom stereocenters. The Morgan fingerprint density at radius 3 is 1.62 bits per heavy atom. The van der Waals surface area contributed by atoms with Crippen LogP contribution in [0.5, 0.6) is 11.5 Å². The summed E-state index contributed by atoms with van der Waals surface area (Å²) in [4.78, 5) is 0. The van der Waals surface area contributed by atoms with E-state index in [2.05, 4.69) is 14.2 Å². The number of hydrogen-bond acceptors (Lipinski definition) is 6. The monoisotopic (exact) mass is 606 g/mol. The van der Waals surface area contributed by atoms with Crippen molar-refractivity contribution in [3.05, 3.63) is 59.7 Å². The van der Waals surface area contributed by atoms with Gasteiger partial charge in [-0.15, -0.1) is 26.3 Å². The van der Waals surface area contributed by atoms with Gasteiger partial charge in [-0.1, -0.05) is 39.1 Å². The zero-order valence-corrected chi connectivity index (χ0v) is 22.3. The number of benzene rings is 2. The average Bonchev–Trinajstić information content (AvgIpc) is 2.77. The Bertz CT molecular complexity index is 1020. The van der Waals surface area contributed by atoms with Crippen molar-refractivity contribution < 1.29 is 49.5 Å².